The predicted octanol–water partition coefficient (Wildman–Crippen LogP) is 4.21. The summed E-state index contributed by atoms with van der Waals surface area (Å²) in [5.41, 5.74) is 2.05. The number of ether oxygens (including phenoxy) is 1. The van der Waals surface area contributed by atoms with Crippen LogP contribution in [0.25, 0.3) is 11.0 Å². The number of fused-ring (bicyclic) bond motifs is 1. The summed E-state index contributed by atoms with van der Waals surface area (Å²) < 4.78 is 61.5. The fraction of sp³-hybridized carbons (Fsp3) is 0.381. The number of imidazole rings is 1. The van der Waals surface area contributed by atoms with E-state index in [2.05, 4.69) is 4.98 Å². The largest absolute Gasteiger partial charge is 0.379 e. The highest BCUT2D eigenvalue weighted by molar-refractivity contribution is 7.99. The van der Waals surface area contributed by atoms with E-state index in [0.717, 1.165) is 11.6 Å². The molecule has 0 amide bonds. The molecule has 0 radical (unpaired) electrons. The van der Waals surface area contributed by atoms with E-state index in [9.17, 15) is 17.2 Å². The van der Waals surface area contributed by atoms with E-state index in [0.29, 0.717) is 49.1 Å². The van der Waals surface area contributed by atoms with Crippen LogP contribution in [0.3, 0.4) is 0 Å². The van der Waals surface area contributed by atoms with Gasteiger partial charge in [0.1, 0.15) is 0 Å². The van der Waals surface area contributed by atoms with Crippen LogP contribution in [0.4, 0.5) is 8.78 Å². The van der Waals surface area contributed by atoms with Crippen molar-refractivity contribution < 1.29 is 21.9 Å². The molecule has 4 rings (SSSR count). The van der Waals surface area contributed by atoms with Crippen LogP contribution in [0.2, 0.25) is 0 Å². The summed E-state index contributed by atoms with van der Waals surface area (Å²) in [6.45, 7) is 5.94. The molecule has 0 bridgehead atoms. The first-order valence-corrected chi connectivity index (χ1v) is 12.3. The topological polar surface area (TPSA) is 64.4 Å². The third kappa shape index (κ3) is 4.34. The number of benzene rings is 2. The maximum atomic E-state index is 13.6. The van der Waals surface area contributed by atoms with Crippen LogP contribution in [-0.4, -0.2) is 48.6 Å². The predicted molar refractivity (Wildman–Crippen MR) is 116 cm³/mol. The van der Waals surface area contributed by atoms with Gasteiger partial charge in [-0.15, -0.1) is 0 Å². The fourth-order valence-electron chi connectivity index (χ4n) is 3.57. The molecular formula is C21H23F2N3O3S2. The van der Waals surface area contributed by atoms with Crippen molar-refractivity contribution >= 4 is 32.8 Å². The standard InChI is InChI=1S/C21H23F2N3O3S2/c1-3-26-20-7-5-16(31(27,28)25-8-10-29-11-9-25)13-19(20)24-21(26)30-14(2)15-4-6-17(22)18(23)12-15/h4-7,12-14H,3,8-11H2,1-2H3. The maximum Gasteiger partial charge on any atom is 0.243 e. The van der Waals surface area contributed by atoms with Gasteiger partial charge in [0.15, 0.2) is 16.8 Å². The van der Waals surface area contributed by atoms with Crippen LogP contribution < -0.4 is 0 Å². The molecule has 1 fully saturated rings. The number of aryl methyl sites for hydroxylation is 1. The number of morpholine rings is 1. The molecule has 1 aliphatic heterocycles. The van der Waals surface area contributed by atoms with Gasteiger partial charge in [0.2, 0.25) is 10.0 Å². The second-order valence-corrected chi connectivity index (χ2v) is 10.5. The zero-order chi connectivity index (χ0) is 22.2. The molecule has 166 valence electrons. The Balaban J connectivity index is 1.66. The summed E-state index contributed by atoms with van der Waals surface area (Å²) in [6.07, 6.45) is 0. The lowest BCUT2D eigenvalue weighted by molar-refractivity contribution is 0.0730. The highest BCUT2D eigenvalue weighted by Gasteiger charge is 2.27. The number of hydrogen-bond donors (Lipinski definition) is 0. The van der Waals surface area contributed by atoms with E-state index < -0.39 is 21.7 Å². The molecule has 1 aromatic heterocycles. The average molecular weight is 468 g/mol. The molecule has 0 N–H and O–H groups in total. The van der Waals surface area contributed by atoms with E-state index in [-0.39, 0.29) is 10.1 Å². The summed E-state index contributed by atoms with van der Waals surface area (Å²) >= 11 is 1.42. The lowest BCUT2D eigenvalue weighted by atomic mass is 10.1. The third-order valence-corrected chi connectivity index (χ3v) is 8.35. The van der Waals surface area contributed by atoms with Crippen molar-refractivity contribution in [2.45, 2.75) is 35.7 Å². The number of rotatable bonds is 6. The third-order valence-electron chi connectivity index (χ3n) is 5.30. The van der Waals surface area contributed by atoms with E-state index >= 15 is 0 Å². The van der Waals surface area contributed by atoms with Crippen LogP contribution >= 0.6 is 11.8 Å². The summed E-state index contributed by atoms with van der Waals surface area (Å²) in [4.78, 5) is 4.86. The van der Waals surface area contributed by atoms with Crippen molar-refractivity contribution in [2.24, 2.45) is 0 Å². The second kappa shape index (κ2) is 8.85. The van der Waals surface area contributed by atoms with E-state index in [4.69, 9.17) is 4.74 Å². The van der Waals surface area contributed by atoms with Gasteiger partial charge in [-0.05, 0) is 49.7 Å². The molecule has 0 saturated carbocycles. The monoisotopic (exact) mass is 467 g/mol. The number of sulfonamides is 1. The van der Waals surface area contributed by atoms with Gasteiger partial charge >= 0.3 is 0 Å². The Labute approximate surface area is 184 Å². The van der Waals surface area contributed by atoms with Crippen molar-refractivity contribution in [1.29, 1.82) is 0 Å². The van der Waals surface area contributed by atoms with Crippen molar-refractivity contribution in [2.75, 3.05) is 26.3 Å². The normalized spacial score (nSPS) is 16.6. The minimum atomic E-state index is -3.62. The van der Waals surface area contributed by atoms with Gasteiger partial charge in [0, 0.05) is 24.9 Å². The van der Waals surface area contributed by atoms with Gasteiger partial charge in [-0.25, -0.2) is 22.2 Å². The van der Waals surface area contributed by atoms with Gasteiger partial charge in [0.05, 0.1) is 29.1 Å². The Morgan fingerprint density at radius 2 is 1.87 bits per heavy atom. The van der Waals surface area contributed by atoms with Crippen LogP contribution in [0.15, 0.2) is 46.5 Å². The van der Waals surface area contributed by atoms with Gasteiger partial charge in [-0.1, -0.05) is 17.8 Å². The molecule has 0 aliphatic carbocycles. The van der Waals surface area contributed by atoms with Crippen LogP contribution in [-0.2, 0) is 21.3 Å². The highest BCUT2D eigenvalue weighted by atomic mass is 32.2. The molecule has 6 nitrogen and oxygen atoms in total. The van der Waals surface area contributed by atoms with E-state index in [1.54, 1.807) is 24.3 Å². The Bertz CT molecular complexity index is 1210. The first kappa shape index (κ1) is 22.2. The molecule has 1 unspecified atom stereocenters. The SMILES string of the molecule is CCn1c(SC(C)c2ccc(F)c(F)c2)nc2cc(S(=O)(=O)N3CCOCC3)ccc21. The van der Waals surface area contributed by atoms with Crippen molar-refractivity contribution in [3.8, 4) is 0 Å². The fourth-order valence-corrected chi connectivity index (χ4v) is 6.10. The van der Waals surface area contributed by atoms with Gasteiger partial charge in [-0.2, -0.15) is 4.31 Å². The molecule has 31 heavy (non-hydrogen) atoms. The molecule has 2 heterocycles. The molecule has 2 aromatic carbocycles. The van der Waals surface area contributed by atoms with Crippen LogP contribution in [0, 0.1) is 11.6 Å². The lowest BCUT2D eigenvalue weighted by Gasteiger charge is -2.26. The zero-order valence-electron chi connectivity index (χ0n) is 17.2. The van der Waals surface area contributed by atoms with Crippen molar-refractivity contribution in [3.05, 3.63) is 53.6 Å². The number of aromatic nitrogens is 2. The average Bonchev–Trinajstić information content (AvgIpc) is 3.12. The molecule has 10 heteroatoms. The van der Waals surface area contributed by atoms with Gasteiger partial charge in [0.25, 0.3) is 0 Å². The Kier molecular flexibility index (Phi) is 6.34. The molecule has 1 atom stereocenters. The number of thioether (sulfide) groups is 1. The Morgan fingerprint density at radius 3 is 2.55 bits per heavy atom. The summed E-state index contributed by atoms with van der Waals surface area (Å²) in [7, 11) is -3.62. The quantitative estimate of drug-likeness (QED) is 0.508. The molecule has 3 aromatic rings. The number of nitrogens with zero attached hydrogens (tertiary/aromatic N) is 3. The first-order valence-electron chi connectivity index (χ1n) is 10.0. The van der Waals surface area contributed by atoms with Gasteiger partial charge < -0.3 is 9.30 Å². The first-order chi connectivity index (χ1) is 14.8. The molecular weight excluding hydrogens is 444 g/mol. The minimum Gasteiger partial charge on any atom is -0.379 e. The van der Waals surface area contributed by atoms with Crippen molar-refractivity contribution in [1.82, 2.24) is 13.9 Å². The number of halogens is 2. The lowest BCUT2D eigenvalue weighted by Crippen LogP contribution is -2.40. The van der Waals surface area contributed by atoms with Crippen LogP contribution in [0.5, 0.6) is 0 Å². The summed E-state index contributed by atoms with van der Waals surface area (Å²) in [6, 6.07) is 8.84. The smallest absolute Gasteiger partial charge is 0.243 e. The van der Waals surface area contributed by atoms with E-state index in [1.165, 1.54) is 22.1 Å². The Morgan fingerprint density at radius 1 is 1.13 bits per heavy atom. The van der Waals surface area contributed by atoms with Gasteiger partial charge in [-0.3, -0.25) is 0 Å². The number of hydrogen-bond acceptors (Lipinski definition) is 5. The minimum absolute atomic E-state index is 0.172. The van der Waals surface area contributed by atoms with E-state index in [1.807, 2.05) is 18.4 Å². The Hall–Kier alpha value is -2.01. The maximum absolute atomic E-state index is 13.6. The molecule has 1 aliphatic rings. The van der Waals surface area contributed by atoms with Crippen molar-refractivity contribution in [3.63, 3.8) is 0 Å². The molecule has 0 spiro atoms. The highest BCUT2D eigenvalue weighted by Crippen LogP contribution is 2.37. The second-order valence-electron chi connectivity index (χ2n) is 7.24. The summed E-state index contributed by atoms with van der Waals surface area (Å²) in [5.74, 6) is -1.76. The summed E-state index contributed by atoms with van der Waals surface area (Å²) in [5, 5.41) is 0.518. The van der Waals surface area contributed by atoms with Crippen LogP contribution in [0.1, 0.15) is 24.7 Å². The zero-order valence-corrected chi connectivity index (χ0v) is 18.8. The molecule has 1 saturated heterocycles.